The van der Waals surface area contributed by atoms with E-state index in [9.17, 15) is 23.9 Å². The largest absolute Gasteiger partial charge is 0.481 e. The van der Waals surface area contributed by atoms with Gasteiger partial charge in [-0.05, 0) is 25.3 Å². The molecule has 7 nitrogen and oxygen atoms in total. The maximum atomic E-state index is 14.7. The maximum absolute atomic E-state index is 14.7. The highest BCUT2D eigenvalue weighted by Crippen LogP contribution is 2.44. The highest BCUT2D eigenvalue weighted by atomic mass is 19.1. The van der Waals surface area contributed by atoms with E-state index in [2.05, 4.69) is 5.92 Å². The van der Waals surface area contributed by atoms with E-state index in [1.807, 2.05) is 0 Å². The topological polar surface area (TPSA) is 87.2 Å². The number of carbonyl (C=O) groups is 3. The second-order valence-corrected chi connectivity index (χ2v) is 6.94. The summed E-state index contributed by atoms with van der Waals surface area (Å²) in [5.41, 5.74) is -0.0101. The molecule has 27 heavy (non-hydrogen) atoms. The molecule has 0 bridgehead atoms. The zero-order chi connectivity index (χ0) is 19.3. The molecule has 0 radical (unpaired) electrons. The number of carbonyl (C=O) groups excluding carboxylic acids is 3. The van der Waals surface area contributed by atoms with Gasteiger partial charge in [-0.2, -0.15) is 0 Å². The Labute approximate surface area is 154 Å². The average molecular weight is 372 g/mol. The molecule has 3 aliphatic rings. The van der Waals surface area contributed by atoms with E-state index in [0.29, 0.717) is 12.8 Å². The van der Waals surface area contributed by atoms with Gasteiger partial charge >= 0.3 is 0 Å². The van der Waals surface area contributed by atoms with E-state index in [1.54, 1.807) is 0 Å². The van der Waals surface area contributed by atoms with Gasteiger partial charge in [-0.1, -0.05) is 5.92 Å². The van der Waals surface area contributed by atoms with Crippen molar-refractivity contribution in [2.24, 2.45) is 11.8 Å². The third-order valence-electron chi connectivity index (χ3n) is 5.36. The van der Waals surface area contributed by atoms with Gasteiger partial charge in [0.1, 0.15) is 5.75 Å². The zero-order valence-electron chi connectivity index (χ0n) is 14.4. The van der Waals surface area contributed by atoms with Crippen molar-refractivity contribution in [3.63, 3.8) is 0 Å². The lowest BCUT2D eigenvalue weighted by Gasteiger charge is -2.29. The molecule has 3 amide bonds. The van der Waals surface area contributed by atoms with Crippen LogP contribution in [-0.4, -0.2) is 42.1 Å². The van der Waals surface area contributed by atoms with E-state index in [0.717, 1.165) is 11.0 Å². The Hall–Kier alpha value is -2.92. The number of aliphatic hydroxyl groups is 1. The Morgan fingerprint density at radius 3 is 2.67 bits per heavy atom. The summed E-state index contributed by atoms with van der Waals surface area (Å²) in [5.74, 6) is -0.949. The van der Waals surface area contributed by atoms with Crippen LogP contribution in [0.3, 0.4) is 0 Å². The molecule has 1 saturated heterocycles. The van der Waals surface area contributed by atoms with Crippen LogP contribution in [0.5, 0.6) is 5.75 Å². The minimum Gasteiger partial charge on any atom is -0.481 e. The normalized spacial score (nSPS) is 27.1. The number of rotatable bonds is 2. The summed E-state index contributed by atoms with van der Waals surface area (Å²) in [5, 5.41) is 9.82. The quantitative estimate of drug-likeness (QED) is 0.614. The molecule has 0 spiro atoms. The molecule has 1 aromatic rings. The summed E-state index contributed by atoms with van der Waals surface area (Å²) < 4.78 is 20.0. The number of amides is 3. The van der Waals surface area contributed by atoms with Crippen LogP contribution in [0.4, 0.5) is 15.8 Å². The third kappa shape index (κ3) is 2.66. The standard InChI is InChI=1S/C19H17FN2O5/c1-2-5-21-15-8-14(13(20)7-16(15)27-9-17(21)24)22-18(25)11-4-3-10(23)6-12(11)19(22)26/h1,7-8,10-12,23H,3-6,9H2. The Morgan fingerprint density at radius 2 is 1.93 bits per heavy atom. The number of ether oxygens (including phenoxy) is 1. The van der Waals surface area contributed by atoms with Gasteiger partial charge in [-0.25, -0.2) is 9.29 Å². The number of anilines is 2. The summed E-state index contributed by atoms with van der Waals surface area (Å²) in [6.45, 7) is -0.309. The number of hydrogen-bond donors (Lipinski definition) is 1. The predicted molar refractivity (Wildman–Crippen MR) is 92.4 cm³/mol. The van der Waals surface area contributed by atoms with Crippen molar-refractivity contribution >= 4 is 29.1 Å². The smallest absolute Gasteiger partial charge is 0.265 e. The second-order valence-electron chi connectivity index (χ2n) is 6.94. The minimum atomic E-state index is -0.801. The molecular formula is C19H17FN2O5. The number of nitrogens with zero attached hydrogens (tertiary/aromatic N) is 2. The zero-order valence-corrected chi connectivity index (χ0v) is 14.4. The van der Waals surface area contributed by atoms with E-state index in [1.165, 1.54) is 11.0 Å². The first-order valence-electron chi connectivity index (χ1n) is 8.68. The van der Waals surface area contributed by atoms with Gasteiger partial charge in [-0.3, -0.25) is 19.3 Å². The van der Waals surface area contributed by atoms with Crippen LogP contribution in [0.15, 0.2) is 12.1 Å². The van der Waals surface area contributed by atoms with Crippen LogP contribution in [-0.2, 0) is 14.4 Å². The predicted octanol–water partition coefficient (Wildman–Crippen LogP) is 0.835. The van der Waals surface area contributed by atoms with Crippen LogP contribution in [0.25, 0.3) is 0 Å². The number of benzene rings is 1. The summed E-state index contributed by atoms with van der Waals surface area (Å²) in [6, 6.07) is 2.31. The van der Waals surface area contributed by atoms with Crippen molar-refractivity contribution in [1.82, 2.24) is 0 Å². The number of fused-ring (bicyclic) bond motifs is 2. The molecule has 2 fully saturated rings. The lowest BCUT2D eigenvalue weighted by molar-refractivity contribution is -0.123. The van der Waals surface area contributed by atoms with Crippen LogP contribution >= 0.6 is 0 Å². The summed E-state index contributed by atoms with van der Waals surface area (Å²) in [4.78, 5) is 39.7. The molecule has 1 aliphatic carbocycles. The first kappa shape index (κ1) is 17.5. The van der Waals surface area contributed by atoms with Crippen molar-refractivity contribution in [1.29, 1.82) is 0 Å². The fourth-order valence-electron chi connectivity index (χ4n) is 4.04. The van der Waals surface area contributed by atoms with Gasteiger partial charge in [0.05, 0.1) is 35.9 Å². The van der Waals surface area contributed by atoms with E-state index in [4.69, 9.17) is 11.2 Å². The molecule has 2 heterocycles. The second kappa shape index (κ2) is 6.35. The van der Waals surface area contributed by atoms with E-state index < -0.39 is 41.5 Å². The molecule has 4 rings (SSSR count). The van der Waals surface area contributed by atoms with E-state index >= 15 is 0 Å². The highest BCUT2D eigenvalue weighted by molar-refractivity contribution is 6.22. The molecule has 3 atom stereocenters. The first-order valence-corrected chi connectivity index (χ1v) is 8.68. The SMILES string of the molecule is C#CCN1C(=O)COc2cc(F)c(N3C(=O)C4CCC(O)CC4C3=O)cc21. The summed E-state index contributed by atoms with van der Waals surface area (Å²) in [6.07, 6.45) is 5.65. The number of halogens is 1. The number of terminal acetylenes is 1. The Balaban J connectivity index is 1.76. The highest BCUT2D eigenvalue weighted by Gasteiger charge is 2.51. The summed E-state index contributed by atoms with van der Waals surface area (Å²) in [7, 11) is 0. The van der Waals surface area contributed by atoms with E-state index in [-0.39, 0.29) is 36.7 Å². The molecule has 1 aromatic carbocycles. The van der Waals surface area contributed by atoms with Gasteiger partial charge in [-0.15, -0.1) is 6.42 Å². The number of hydrogen-bond acceptors (Lipinski definition) is 5. The molecule has 3 unspecified atom stereocenters. The first-order chi connectivity index (χ1) is 12.9. The van der Waals surface area contributed by atoms with Crippen LogP contribution < -0.4 is 14.5 Å². The molecule has 140 valence electrons. The lowest BCUT2D eigenvalue weighted by atomic mass is 9.80. The maximum Gasteiger partial charge on any atom is 0.265 e. The Kier molecular flexibility index (Phi) is 4.12. The molecule has 0 aromatic heterocycles. The van der Waals surface area contributed by atoms with Crippen molar-refractivity contribution in [3.8, 4) is 18.1 Å². The van der Waals surface area contributed by atoms with Gasteiger partial charge in [0.2, 0.25) is 11.8 Å². The molecular weight excluding hydrogens is 355 g/mol. The van der Waals surface area contributed by atoms with Gasteiger partial charge in [0.25, 0.3) is 5.91 Å². The average Bonchev–Trinajstić information content (AvgIpc) is 2.88. The van der Waals surface area contributed by atoms with Gasteiger partial charge < -0.3 is 9.84 Å². The Bertz CT molecular complexity index is 893. The lowest BCUT2D eigenvalue weighted by Crippen LogP contribution is -2.39. The van der Waals surface area contributed by atoms with Gasteiger partial charge in [0, 0.05) is 6.07 Å². The summed E-state index contributed by atoms with van der Waals surface area (Å²) >= 11 is 0. The van der Waals surface area contributed by atoms with Crippen LogP contribution in [0, 0.1) is 30.0 Å². The fraction of sp³-hybridized carbons (Fsp3) is 0.421. The molecule has 1 N–H and O–H groups in total. The molecule has 8 heteroatoms. The third-order valence-corrected chi connectivity index (χ3v) is 5.36. The van der Waals surface area contributed by atoms with Crippen LogP contribution in [0.2, 0.25) is 0 Å². The fourth-order valence-corrected chi connectivity index (χ4v) is 4.04. The Morgan fingerprint density at radius 1 is 1.19 bits per heavy atom. The van der Waals surface area contributed by atoms with Gasteiger partial charge in [0.15, 0.2) is 12.4 Å². The van der Waals surface area contributed by atoms with Crippen molar-refractivity contribution in [2.45, 2.75) is 25.4 Å². The number of imide groups is 1. The van der Waals surface area contributed by atoms with Crippen molar-refractivity contribution in [3.05, 3.63) is 17.9 Å². The molecule has 1 saturated carbocycles. The van der Waals surface area contributed by atoms with Crippen molar-refractivity contribution < 1.29 is 28.6 Å². The monoisotopic (exact) mass is 372 g/mol. The molecule has 2 aliphatic heterocycles. The van der Waals surface area contributed by atoms with Crippen molar-refractivity contribution in [2.75, 3.05) is 23.0 Å². The van der Waals surface area contributed by atoms with Crippen LogP contribution in [0.1, 0.15) is 19.3 Å². The number of aliphatic hydroxyl groups excluding tert-OH is 1. The minimum absolute atomic E-state index is 0.0421.